The maximum atomic E-state index is 11.5. The molecule has 1 atom stereocenters. The molecule has 0 heterocycles. The van der Waals surface area contributed by atoms with Crippen LogP contribution in [0.1, 0.15) is 73.1 Å². The molecule has 0 aliphatic heterocycles. The third-order valence-electron chi connectivity index (χ3n) is 3.64. The van der Waals surface area contributed by atoms with E-state index in [1.54, 1.807) is 6.92 Å². The zero-order valence-corrected chi connectivity index (χ0v) is 13.6. The number of rotatable bonds is 9. The fraction of sp³-hybridized carbons (Fsp3) is 0.824. The summed E-state index contributed by atoms with van der Waals surface area (Å²) in [4.78, 5) is 11.5. The first-order valence-electron chi connectivity index (χ1n) is 7.61. The van der Waals surface area contributed by atoms with Crippen molar-refractivity contribution in [3.63, 3.8) is 0 Å². The van der Waals surface area contributed by atoms with Gasteiger partial charge in [-0.25, -0.2) is 4.79 Å². The van der Waals surface area contributed by atoms with E-state index in [1.807, 2.05) is 0 Å². The van der Waals surface area contributed by atoms with E-state index < -0.39 is 0 Å². The van der Waals surface area contributed by atoms with Crippen molar-refractivity contribution in [2.24, 2.45) is 11.3 Å². The van der Waals surface area contributed by atoms with Gasteiger partial charge in [0.05, 0.1) is 6.61 Å². The van der Waals surface area contributed by atoms with E-state index in [2.05, 4.69) is 34.3 Å². The van der Waals surface area contributed by atoms with Gasteiger partial charge in [0.1, 0.15) is 0 Å². The van der Waals surface area contributed by atoms with Crippen LogP contribution in [0.4, 0.5) is 0 Å². The Balaban J connectivity index is 4.11. The molecule has 0 N–H and O–H groups in total. The van der Waals surface area contributed by atoms with E-state index in [0.29, 0.717) is 18.1 Å². The molecule has 112 valence electrons. The third kappa shape index (κ3) is 8.85. The highest BCUT2D eigenvalue weighted by Crippen LogP contribution is 2.31. The van der Waals surface area contributed by atoms with E-state index >= 15 is 0 Å². The van der Waals surface area contributed by atoms with Crippen LogP contribution in [-0.4, -0.2) is 12.6 Å². The maximum absolute atomic E-state index is 11.5. The molecule has 0 radical (unpaired) electrons. The molecular weight excluding hydrogens is 236 g/mol. The number of unbranched alkanes of at least 4 members (excludes halogenated alkanes) is 4. The molecule has 0 amide bonds. The first-order chi connectivity index (χ1) is 8.79. The SMILES string of the molecule is C=C(C)C(=O)OCC(CCCCCCC)C(C)(C)C. The highest BCUT2D eigenvalue weighted by Gasteiger charge is 2.25. The lowest BCUT2D eigenvalue weighted by Crippen LogP contribution is -2.26. The number of carbonyl (C=O) groups excluding carboxylic acids is 1. The Kier molecular flexibility index (Phi) is 8.79. The summed E-state index contributed by atoms with van der Waals surface area (Å²) >= 11 is 0. The van der Waals surface area contributed by atoms with Crippen molar-refractivity contribution >= 4 is 5.97 Å². The van der Waals surface area contributed by atoms with Gasteiger partial charge < -0.3 is 4.74 Å². The van der Waals surface area contributed by atoms with Gasteiger partial charge in [-0.15, -0.1) is 0 Å². The molecule has 2 heteroatoms. The van der Waals surface area contributed by atoms with Crippen LogP contribution >= 0.6 is 0 Å². The minimum Gasteiger partial charge on any atom is -0.462 e. The van der Waals surface area contributed by atoms with E-state index in [1.165, 1.54) is 32.1 Å². The van der Waals surface area contributed by atoms with Gasteiger partial charge in [0.15, 0.2) is 0 Å². The first kappa shape index (κ1) is 18.2. The Bertz CT molecular complexity index is 273. The van der Waals surface area contributed by atoms with Gasteiger partial charge in [-0.1, -0.05) is 66.4 Å². The molecular formula is C17H32O2. The highest BCUT2D eigenvalue weighted by atomic mass is 16.5. The summed E-state index contributed by atoms with van der Waals surface area (Å²) < 4.78 is 5.33. The van der Waals surface area contributed by atoms with Gasteiger partial charge in [-0.3, -0.25) is 0 Å². The maximum Gasteiger partial charge on any atom is 0.333 e. The van der Waals surface area contributed by atoms with Crippen molar-refractivity contribution in [3.05, 3.63) is 12.2 Å². The molecule has 1 unspecified atom stereocenters. The molecule has 0 saturated heterocycles. The molecule has 0 spiro atoms. The monoisotopic (exact) mass is 268 g/mol. The Morgan fingerprint density at radius 3 is 2.21 bits per heavy atom. The summed E-state index contributed by atoms with van der Waals surface area (Å²) in [5, 5.41) is 0. The zero-order chi connectivity index (χ0) is 14.9. The van der Waals surface area contributed by atoms with Crippen LogP contribution in [0.15, 0.2) is 12.2 Å². The summed E-state index contributed by atoms with van der Waals surface area (Å²) in [5.41, 5.74) is 0.663. The normalized spacial score (nSPS) is 13.1. The zero-order valence-electron chi connectivity index (χ0n) is 13.6. The lowest BCUT2D eigenvalue weighted by Gasteiger charge is -2.30. The minimum absolute atomic E-state index is 0.181. The molecule has 0 bridgehead atoms. The second-order valence-electron chi connectivity index (χ2n) is 6.64. The lowest BCUT2D eigenvalue weighted by atomic mass is 9.78. The molecule has 0 aliphatic carbocycles. The van der Waals surface area contributed by atoms with Gasteiger partial charge in [-0.2, -0.15) is 0 Å². The fourth-order valence-electron chi connectivity index (χ4n) is 2.06. The Morgan fingerprint density at radius 1 is 1.16 bits per heavy atom. The predicted octanol–water partition coefficient (Wildman–Crippen LogP) is 5.13. The van der Waals surface area contributed by atoms with E-state index in [-0.39, 0.29) is 11.4 Å². The van der Waals surface area contributed by atoms with Gasteiger partial charge in [0.25, 0.3) is 0 Å². The van der Waals surface area contributed by atoms with Crippen molar-refractivity contribution in [1.82, 2.24) is 0 Å². The molecule has 2 nitrogen and oxygen atoms in total. The van der Waals surface area contributed by atoms with Gasteiger partial charge in [-0.05, 0) is 24.7 Å². The van der Waals surface area contributed by atoms with Gasteiger partial charge in [0.2, 0.25) is 0 Å². The average molecular weight is 268 g/mol. The van der Waals surface area contributed by atoms with E-state index in [0.717, 1.165) is 6.42 Å². The summed E-state index contributed by atoms with van der Waals surface area (Å²) in [6.07, 6.45) is 7.57. The highest BCUT2D eigenvalue weighted by molar-refractivity contribution is 5.86. The van der Waals surface area contributed by atoms with Crippen molar-refractivity contribution in [3.8, 4) is 0 Å². The van der Waals surface area contributed by atoms with Crippen LogP contribution in [0.3, 0.4) is 0 Å². The average Bonchev–Trinajstić information content (AvgIpc) is 2.30. The van der Waals surface area contributed by atoms with Crippen LogP contribution in [0.2, 0.25) is 0 Å². The molecule has 0 aromatic heterocycles. The number of esters is 1. The van der Waals surface area contributed by atoms with Crippen molar-refractivity contribution in [1.29, 1.82) is 0 Å². The van der Waals surface area contributed by atoms with Crippen molar-refractivity contribution in [2.75, 3.05) is 6.61 Å². The van der Waals surface area contributed by atoms with Crippen LogP contribution in [0.25, 0.3) is 0 Å². The molecule has 0 saturated carbocycles. The summed E-state index contributed by atoms with van der Waals surface area (Å²) in [6, 6.07) is 0. The number of hydrogen-bond acceptors (Lipinski definition) is 2. The van der Waals surface area contributed by atoms with E-state index in [4.69, 9.17) is 4.74 Å². The molecule has 0 aromatic rings. The number of ether oxygens (including phenoxy) is 1. The van der Waals surface area contributed by atoms with Crippen LogP contribution in [-0.2, 0) is 9.53 Å². The Morgan fingerprint density at radius 2 is 1.74 bits per heavy atom. The topological polar surface area (TPSA) is 26.3 Å². The number of carbonyl (C=O) groups is 1. The predicted molar refractivity (Wildman–Crippen MR) is 82.1 cm³/mol. The lowest BCUT2D eigenvalue weighted by molar-refractivity contribution is -0.141. The van der Waals surface area contributed by atoms with Crippen LogP contribution in [0, 0.1) is 11.3 Å². The first-order valence-corrected chi connectivity index (χ1v) is 7.61. The molecule has 0 fully saturated rings. The Labute approximate surface area is 119 Å². The summed E-state index contributed by atoms with van der Waals surface area (Å²) in [6.45, 7) is 14.7. The molecule has 0 aliphatic rings. The molecule has 0 rings (SSSR count). The number of hydrogen-bond donors (Lipinski definition) is 0. The largest absolute Gasteiger partial charge is 0.462 e. The van der Waals surface area contributed by atoms with Crippen molar-refractivity contribution < 1.29 is 9.53 Å². The molecule has 19 heavy (non-hydrogen) atoms. The van der Waals surface area contributed by atoms with Crippen molar-refractivity contribution in [2.45, 2.75) is 73.1 Å². The molecule has 0 aromatic carbocycles. The second-order valence-corrected chi connectivity index (χ2v) is 6.64. The third-order valence-corrected chi connectivity index (χ3v) is 3.64. The standard InChI is InChI=1S/C17H32O2/c1-7-8-9-10-11-12-15(17(4,5)6)13-19-16(18)14(2)3/h15H,2,7-13H2,1,3-6H3. The summed E-state index contributed by atoms with van der Waals surface area (Å²) in [5.74, 6) is 0.164. The smallest absolute Gasteiger partial charge is 0.333 e. The van der Waals surface area contributed by atoms with Gasteiger partial charge >= 0.3 is 5.97 Å². The minimum atomic E-state index is -0.264. The van der Waals surface area contributed by atoms with Crippen LogP contribution < -0.4 is 0 Å². The quantitative estimate of drug-likeness (QED) is 0.329. The van der Waals surface area contributed by atoms with Crippen LogP contribution in [0.5, 0.6) is 0 Å². The van der Waals surface area contributed by atoms with E-state index in [9.17, 15) is 4.79 Å². The fourth-order valence-corrected chi connectivity index (χ4v) is 2.06. The Hall–Kier alpha value is -0.790. The summed E-state index contributed by atoms with van der Waals surface area (Å²) in [7, 11) is 0. The second kappa shape index (κ2) is 9.17. The van der Waals surface area contributed by atoms with Gasteiger partial charge in [0, 0.05) is 5.57 Å².